The lowest BCUT2D eigenvalue weighted by Gasteiger charge is -2.02. The van der Waals surface area contributed by atoms with Gasteiger partial charge in [0, 0.05) is 4.47 Å². The van der Waals surface area contributed by atoms with Gasteiger partial charge in [-0.2, -0.15) is 0 Å². The molecule has 3 nitrogen and oxygen atoms in total. The van der Waals surface area contributed by atoms with Gasteiger partial charge >= 0.3 is 5.97 Å². The van der Waals surface area contributed by atoms with E-state index < -0.39 is 5.97 Å². The maximum atomic E-state index is 11.2. The second-order valence-electron chi connectivity index (χ2n) is 2.42. The van der Waals surface area contributed by atoms with E-state index >= 15 is 0 Å². The Labute approximate surface area is 84.5 Å². The number of aromatic hydroxyl groups is 1. The molecule has 0 bridgehead atoms. The normalized spacial score (nSPS) is 9.69. The maximum Gasteiger partial charge on any atom is 0.338 e. The number of ether oxygens (including phenoxy) is 1. The number of phenols is 1. The van der Waals surface area contributed by atoms with Crippen molar-refractivity contribution in [1.82, 2.24) is 0 Å². The summed E-state index contributed by atoms with van der Waals surface area (Å²) in [5.74, 6) is -0.392. The van der Waals surface area contributed by atoms with Crippen LogP contribution < -0.4 is 0 Å². The Morgan fingerprint density at radius 1 is 1.54 bits per heavy atom. The first-order chi connectivity index (χ1) is 6.13. The minimum absolute atomic E-state index is 0.0393. The van der Waals surface area contributed by atoms with Gasteiger partial charge in [0.2, 0.25) is 0 Å². The Hall–Kier alpha value is -1.03. The van der Waals surface area contributed by atoms with Gasteiger partial charge in [-0.3, -0.25) is 0 Å². The number of phenolic OH excluding ortho intramolecular Hbond substituents is 1. The van der Waals surface area contributed by atoms with Crippen molar-refractivity contribution in [2.45, 2.75) is 6.92 Å². The molecule has 0 aromatic heterocycles. The third-order valence-corrected chi connectivity index (χ3v) is 1.85. The molecule has 13 heavy (non-hydrogen) atoms. The van der Waals surface area contributed by atoms with Gasteiger partial charge in [-0.05, 0) is 25.1 Å². The van der Waals surface area contributed by atoms with Gasteiger partial charge < -0.3 is 9.84 Å². The van der Waals surface area contributed by atoms with Crippen LogP contribution in [0.25, 0.3) is 0 Å². The summed E-state index contributed by atoms with van der Waals surface area (Å²) in [6.07, 6.45) is 0. The first kappa shape index (κ1) is 10.1. The predicted molar refractivity (Wildman–Crippen MR) is 51.8 cm³/mol. The number of hydrogen-bond acceptors (Lipinski definition) is 3. The molecular weight excluding hydrogens is 236 g/mol. The minimum Gasteiger partial charge on any atom is -0.508 e. The molecule has 0 aliphatic rings. The molecule has 0 aliphatic heterocycles. The zero-order valence-electron chi connectivity index (χ0n) is 7.08. The summed E-state index contributed by atoms with van der Waals surface area (Å²) in [5.41, 5.74) is 0.341. The van der Waals surface area contributed by atoms with E-state index in [0.717, 1.165) is 0 Å². The molecule has 0 atom stereocenters. The average Bonchev–Trinajstić information content (AvgIpc) is 2.03. The molecule has 1 rings (SSSR count). The lowest BCUT2D eigenvalue weighted by atomic mass is 10.2. The van der Waals surface area contributed by atoms with E-state index in [4.69, 9.17) is 4.74 Å². The topological polar surface area (TPSA) is 46.5 Å². The smallest absolute Gasteiger partial charge is 0.338 e. The lowest BCUT2D eigenvalue weighted by Crippen LogP contribution is -2.04. The summed E-state index contributed by atoms with van der Waals surface area (Å²) in [5, 5.41) is 9.17. The molecule has 0 spiro atoms. The van der Waals surface area contributed by atoms with Crippen LogP contribution >= 0.6 is 15.9 Å². The summed E-state index contributed by atoms with van der Waals surface area (Å²) in [7, 11) is 0. The van der Waals surface area contributed by atoms with E-state index in [0.29, 0.717) is 16.6 Å². The molecule has 0 radical (unpaired) electrons. The van der Waals surface area contributed by atoms with E-state index in [1.165, 1.54) is 12.1 Å². The Bertz CT molecular complexity index is 302. The average molecular weight is 245 g/mol. The molecule has 0 heterocycles. The molecule has 0 amide bonds. The summed E-state index contributed by atoms with van der Waals surface area (Å²) in [6.45, 7) is 2.06. The van der Waals surface area contributed by atoms with Gasteiger partial charge in [0.25, 0.3) is 0 Å². The van der Waals surface area contributed by atoms with Gasteiger partial charge in [0.1, 0.15) is 5.75 Å². The molecule has 1 aromatic rings. The van der Waals surface area contributed by atoms with E-state index in [9.17, 15) is 9.90 Å². The molecular formula is C9H9BrO3. The van der Waals surface area contributed by atoms with E-state index in [-0.39, 0.29) is 5.75 Å². The third-order valence-electron chi connectivity index (χ3n) is 1.39. The van der Waals surface area contributed by atoms with Crippen LogP contribution in [0.2, 0.25) is 0 Å². The Balaban J connectivity index is 2.94. The Kier molecular flexibility index (Phi) is 3.31. The largest absolute Gasteiger partial charge is 0.508 e. The maximum absolute atomic E-state index is 11.2. The van der Waals surface area contributed by atoms with Crippen LogP contribution in [0, 0.1) is 0 Å². The molecule has 0 fully saturated rings. The van der Waals surface area contributed by atoms with Crippen LogP contribution in [0.4, 0.5) is 0 Å². The second kappa shape index (κ2) is 4.28. The van der Waals surface area contributed by atoms with Crippen molar-refractivity contribution in [2.24, 2.45) is 0 Å². The van der Waals surface area contributed by atoms with Gasteiger partial charge in [-0.1, -0.05) is 15.9 Å². The fourth-order valence-electron chi connectivity index (χ4n) is 0.906. The third kappa shape index (κ3) is 2.73. The molecule has 1 N–H and O–H groups in total. The first-order valence-corrected chi connectivity index (χ1v) is 4.59. The molecule has 0 unspecified atom stereocenters. The molecule has 0 saturated carbocycles. The highest BCUT2D eigenvalue weighted by molar-refractivity contribution is 9.10. The Morgan fingerprint density at radius 2 is 2.23 bits per heavy atom. The van der Waals surface area contributed by atoms with Crippen LogP contribution in [0.1, 0.15) is 17.3 Å². The fourth-order valence-corrected chi connectivity index (χ4v) is 1.39. The van der Waals surface area contributed by atoms with Crippen molar-refractivity contribution in [3.8, 4) is 5.75 Å². The van der Waals surface area contributed by atoms with E-state index in [1.807, 2.05) is 0 Å². The van der Waals surface area contributed by atoms with Gasteiger partial charge in [-0.25, -0.2) is 4.79 Å². The van der Waals surface area contributed by atoms with Crippen molar-refractivity contribution in [2.75, 3.05) is 6.61 Å². The number of carbonyl (C=O) groups excluding carboxylic acids is 1. The molecule has 1 aromatic carbocycles. The van der Waals surface area contributed by atoms with E-state index in [2.05, 4.69) is 15.9 Å². The molecule has 0 saturated heterocycles. The van der Waals surface area contributed by atoms with Crippen LogP contribution in [-0.4, -0.2) is 17.7 Å². The van der Waals surface area contributed by atoms with Crippen LogP contribution in [0.3, 0.4) is 0 Å². The number of rotatable bonds is 2. The zero-order chi connectivity index (χ0) is 9.84. The number of esters is 1. The van der Waals surface area contributed by atoms with Crippen LogP contribution in [0.5, 0.6) is 5.75 Å². The van der Waals surface area contributed by atoms with Crippen molar-refractivity contribution in [3.63, 3.8) is 0 Å². The summed E-state index contributed by atoms with van der Waals surface area (Å²) in [4.78, 5) is 11.2. The first-order valence-electron chi connectivity index (χ1n) is 3.80. The quantitative estimate of drug-likeness (QED) is 0.813. The number of hydrogen-bond donors (Lipinski definition) is 1. The lowest BCUT2D eigenvalue weighted by molar-refractivity contribution is 0.0526. The molecule has 4 heteroatoms. The van der Waals surface area contributed by atoms with Crippen molar-refractivity contribution in [3.05, 3.63) is 28.2 Å². The minimum atomic E-state index is -0.431. The van der Waals surface area contributed by atoms with Crippen LogP contribution in [-0.2, 0) is 4.74 Å². The summed E-state index contributed by atoms with van der Waals surface area (Å²) >= 11 is 3.16. The monoisotopic (exact) mass is 244 g/mol. The van der Waals surface area contributed by atoms with Crippen molar-refractivity contribution >= 4 is 21.9 Å². The number of carbonyl (C=O) groups is 1. The predicted octanol–water partition coefficient (Wildman–Crippen LogP) is 2.33. The molecule has 0 aliphatic carbocycles. The Morgan fingerprint density at radius 3 is 2.77 bits per heavy atom. The highest BCUT2D eigenvalue weighted by Gasteiger charge is 2.07. The highest BCUT2D eigenvalue weighted by Crippen LogP contribution is 2.20. The van der Waals surface area contributed by atoms with Crippen molar-refractivity contribution < 1.29 is 14.6 Å². The van der Waals surface area contributed by atoms with E-state index in [1.54, 1.807) is 13.0 Å². The zero-order valence-corrected chi connectivity index (χ0v) is 8.67. The highest BCUT2D eigenvalue weighted by atomic mass is 79.9. The molecule has 70 valence electrons. The summed E-state index contributed by atoms with van der Waals surface area (Å²) in [6, 6.07) is 4.46. The number of halogens is 1. The number of benzene rings is 1. The summed E-state index contributed by atoms with van der Waals surface area (Å²) < 4.78 is 5.42. The van der Waals surface area contributed by atoms with Crippen molar-refractivity contribution in [1.29, 1.82) is 0 Å². The SMILES string of the molecule is CCOC(=O)c1cc(O)cc(Br)c1. The van der Waals surface area contributed by atoms with Gasteiger partial charge in [-0.15, -0.1) is 0 Å². The van der Waals surface area contributed by atoms with Gasteiger partial charge in [0.15, 0.2) is 0 Å². The standard InChI is InChI=1S/C9H9BrO3/c1-2-13-9(12)6-3-7(10)5-8(11)4-6/h3-5,11H,2H2,1H3. The van der Waals surface area contributed by atoms with Crippen LogP contribution in [0.15, 0.2) is 22.7 Å². The second-order valence-corrected chi connectivity index (χ2v) is 3.33. The fraction of sp³-hybridized carbons (Fsp3) is 0.222. The van der Waals surface area contributed by atoms with Gasteiger partial charge in [0.05, 0.1) is 12.2 Å².